The van der Waals surface area contributed by atoms with Gasteiger partial charge in [-0.15, -0.1) is 0 Å². The van der Waals surface area contributed by atoms with E-state index in [0.717, 1.165) is 65.2 Å². The van der Waals surface area contributed by atoms with Crippen molar-refractivity contribution in [3.8, 4) is 0 Å². The first-order chi connectivity index (χ1) is 7.35. The van der Waals surface area contributed by atoms with E-state index in [9.17, 15) is 4.79 Å². The van der Waals surface area contributed by atoms with E-state index in [2.05, 4.69) is 4.90 Å². The van der Waals surface area contributed by atoms with Gasteiger partial charge in [-0.3, -0.25) is 4.90 Å². The first-order valence-corrected chi connectivity index (χ1v) is 5.69. The van der Waals surface area contributed by atoms with Crippen molar-refractivity contribution in [1.82, 2.24) is 4.90 Å². The van der Waals surface area contributed by atoms with E-state index >= 15 is 0 Å². The van der Waals surface area contributed by atoms with Crippen molar-refractivity contribution in [2.24, 2.45) is 5.41 Å². The lowest BCUT2D eigenvalue weighted by Gasteiger charge is -2.38. The molecule has 0 radical (unpaired) electrons. The van der Waals surface area contributed by atoms with Gasteiger partial charge in [0.2, 0.25) is 0 Å². The number of rotatable bonds is 3. The predicted octanol–water partition coefficient (Wildman–Crippen LogP) is 0.314. The van der Waals surface area contributed by atoms with Gasteiger partial charge >= 0.3 is 0 Å². The third kappa shape index (κ3) is 2.77. The minimum Gasteiger partial charge on any atom is -0.381 e. The zero-order valence-corrected chi connectivity index (χ0v) is 9.11. The molecule has 2 saturated heterocycles. The van der Waals surface area contributed by atoms with Crippen molar-refractivity contribution in [3.05, 3.63) is 0 Å². The molecular formula is C11H19NO3. The van der Waals surface area contributed by atoms with Crippen LogP contribution in [-0.2, 0) is 14.3 Å². The summed E-state index contributed by atoms with van der Waals surface area (Å²) in [5.41, 5.74) is -0.157. The lowest BCUT2D eigenvalue weighted by molar-refractivity contribution is -0.124. The molecule has 2 heterocycles. The second kappa shape index (κ2) is 5.05. The molecule has 0 aromatic heterocycles. The van der Waals surface area contributed by atoms with Crippen LogP contribution < -0.4 is 0 Å². The maximum Gasteiger partial charge on any atom is 0.127 e. The highest BCUT2D eigenvalue weighted by atomic mass is 16.5. The molecule has 2 aliphatic heterocycles. The van der Waals surface area contributed by atoms with Crippen LogP contribution in [0.5, 0.6) is 0 Å². The fourth-order valence-electron chi connectivity index (χ4n) is 2.30. The lowest BCUT2D eigenvalue weighted by Crippen LogP contribution is -2.46. The van der Waals surface area contributed by atoms with Crippen LogP contribution in [0.2, 0.25) is 0 Å². The maximum atomic E-state index is 11.2. The van der Waals surface area contributed by atoms with Crippen molar-refractivity contribution in [2.75, 3.05) is 46.1 Å². The molecule has 0 aromatic carbocycles. The van der Waals surface area contributed by atoms with Gasteiger partial charge in [-0.25, -0.2) is 0 Å². The third-order valence-electron chi connectivity index (χ3n) is 3.38. The van der Waals surface area contributed by atoms with Crippen LogP contribution in [0, 0.1) is 5.41 Å². The Balaban J connectivity index is 1.90. The van der Waals surface area contributed by atoms with Crippen LogP contribution in [0.15, 0.2) is 0 Å². The smallest absolute Gasteiger partial charge is 0.127 e. The van der Waals surface area contributed by atoms with Crippen molar-refractivity contribution < 1.29 is 14.3 Å². The largest absolute Gasteiger partial charge is 0.381 e. The van der Waals surface area contributed by atoms with E-state index in [4.69, 9.17) is 9.47 Å². The first kappa shape index (κ1) is 11.0. The number of carbonyl (C=O) groups excluding carboxylic acids is 1. The summed E-state index contributed by atoms with van der Waals surface area (Å²) in [6.45, 7) is 5.83. The normalized spacial score (nSPS) is 27.5. The summed E-state index contributed by atoms with van der Waals surface area (Å²) < 4.78 is 10.6. The van der Waals surface area contributed by atoms with Crippen LogP contribution in [0.25, 0.3) is 0 Å². The molecule has 15 heavy (non-hydrogen) atoms. The highest BCUT2D eigenvalue weighted by Crippen LogP contribution is 2.29. The molecule has 86 valence electrons. The molecular weight excluding hydrogens is 194 g/mol. The number of morpholine rings is 1. The van der Waals surface area contributed by atoms with Gasteiger partial charge in [0.1, 0.15) is 6.29 Å². The molecule has 4 heteroatoms. The lowest BCUT2D eigenvalue weighted by atomic mass is 9.81. The second-order valence-corrected chi connectivity index (χ2v) is 4.48. The fourth-order valence-corrected chi connectivity index (χ4v) is 2.30. The van der Waals surface area contributed by atoms with Crippen molar-refractivity contribution in [2.45, 2.75) is 12.8 Å². The van der Waals surface area contributed by atoms with Crippen LogP contribution in [-0.4, -0.2) is 57.2 Å². The Bertz CT molecular complexity index is 208. The Hall–Kier alpha value is -0.450. The fraction of sp³-hybridized carbons (Fsp3) is 0.909. The van der Waals surface area contributed by atoms with E-state index < -0.39 is 0 Å². The summed E-state index contributed by atoms with van der Waals surface area (Å²) in [4.78, 5) is 13.6. The van der Waals surface area contributed by atoms with Crippen LogP contribution >= 0.6 is 0 Å². The zero-order chi connectivity index (χ0) is 10.6. The highest BCUT2D eigenvalue weighted by molar-refractivity contribution is 5.60. The molecule has 0 aliphatic carbocycles. The maximum absolute atomic E-state index is 11.2. The molecule has 0 atom stereocenters. The van der Waals surface area contributed by atoms with Gasteiger partial charge in [0, 0.05) is 38.3 Å². The quantitative estimate of drug-likeness (QED) is 0.633. The summed E-state index contributed by atoms with van der Waals surface area (Å²) >= 11 is 0. The molecule has 0 saturated carbocycles. The monoisotopic (exact) mass is 213 g/mol. The summed E-state index contributed by atoms with van der Waals surface area (Å²) in [7, 11) is 0. The minimum absolute atomic E-state index is 0.157. The summed E-state index contributed by atoms with van der Waals surface area (Å²) in [5.74, 6) is 0. The molecule has 4 nitrogen and oxygen atoms in total. The highest BCUT2D eigenvalue weighted by Gasteiger charge is 2.34. The molecule has 0 N–H and O–H groups in total. The molecule has 2 rings (SSSR count). The number of hydrogen-bond donors (Lipinski definition) is 0. The van der Waals surface area contributed by atoms with Gasteiger partial charge in [0.25, 0.3) is 0 Å². The standard InChI is InChI=1S/C11H19NO3/c13-10-11(1-5-14-6-2-11)9-12-3-7-15-8-4-12/h10H,1-9H2. The summed E-state index contributed by atoms with van der Waals surface area (Å²) in [6.07, 6.45) is 2.88. The minimum atomic E-state index is -0.157. The summed E-state index contributed by atoms with van der Waals surface area (Å²) in [6, 6.07) is 0. The van der Waals surface area contributed by atoms with Crippen LogP contribution in [0.4, 0.5) is 0 Å². The van der Waals surface area contributed by atoms with Gasteiger partial charge in [-0.2, -0.15) is 0 Å². The van der Waals surface area contributed by atoms with Crippen LogP contribution in [0.1, 0.15) is 12.8 Å². The number of hydrogen-bond acceptors (Lipinski definition) is 4. The number of nitrogens with zero attached hydrogens (tertiary/aromatic N) is 1. The molecule has 0 amide bonds. The SMILES string of the molecule is O=CC1(CN2CCOCC2)CCOCC1. The molecule has 2 fully saturated rings. The Morgan fingerprint density at radius 1 is 1.07 bits per heavy atom. The molecule has 0 unspecified atom stereocenters. The van der Waals surface area contributed by atoms with E-state index in [1.54, 1.807) is 0 Å². The average Bonchev–Trinajstić information content (AvgIpc) is 2.32. The Kier molecular flexibility index (Phi) is 3.72. The summed E-state index contributed by atoms with van der Waals surface area (Å²) in [5, 5.41) is 0. The molecule has 0 bridgehead atoms. The Morgan fingerprint density at radius 3 is 2.27 bits per heavy atom. The second-order valence-electron chi connectivity index (χ2n) is 4.48. The number of ether oxygens (including phenoxy) is 2. The van der Waals surface area contributed by atoms with Crippen LogP contribution in [0.3, 0.4) is 0 Å². The molecule has 2 aliphatic rings. The van der Waals surface area contributed by atoms with Gasteiger partial charge in [0.15, 0.2) is 0 Å². The van der Waals surface area contributed by atoms with Gasteiger partial charge in [0.05, 0.1) is 13.2 Å². The Labute approximate surface area is 90.5 Å². The van der Waals surface area contributed by atoms with Crippen molar-refractivity contribution >= 4 is 6.29 Å². The zero-order valence-electron chi connectivity index (χ0n) is 9.11. The Morgan fingerprint density at radius 2 is 1.67 bits per heavy atom. The number of aldehydes is 1. The van der Waals surface area contributed by atoms with Gasteiger partial charge < -0.3 is 14.3 Å². The van der Waals surface area contributed by atoms with Gasteiger partial charge in [-0.1, -0.05) is 0 Å². The van der Waals surface area contributed by atoms with Crippen molar-refractivity contribution in [1.29, 1.82) is 0 Å². The third-order valence-corrected chi connectivity index (χ3v) is 3.38. The predicted molar refractivity (Wildman–Crippen MR) is 55.8 cm³/mol. The molecule has 0 spiro atoms. The van der Waals surface area contributed by atoms with E-state index in [0.29, 0.717) is 0 Å². The van der Waals surface area contributed by atoms with Crippen molar-refractivity contribution in [3.63, 3.8) is 0 Å². The van der Waals surface area contributed by atoms with E-state index in [1.807, 2.05) is 0 Å². The van der Waals surface area contributed by atoms with E-state index in [-0.39, 0.29) is 5.41 Å². The van der Waals surface area contributed by atoms with E-state index in [1.165, 1.54) is 0 Å². The van der Waals surface area contributed by atoms with Gasteiger partial charge in [-0.05, 0) is 12.8 Å². The topological polar surface area (TPSA) is 38.8 Å². The number of carbonyl (C=O) groups is 1. The molecule has 0 aromatic rings. The first-order valence-electron chi connectivity index (χ1n) is 5.69. The average molecular weight is 213 g/mol.